The van der Waals surface area contributed by atoms with Crippen LogP contribution in [0.1, 0.15) is 27.0 Å². The molecule has 1 aliphatic heterocycles. The van der Waals surface area contributed by atoms with Crippen molar-refractivity contribution in [3.63, 3.8) is 0 Å². The van der Waals surface area contributed by atoms with E-state index in [-0.39, 0.29) is 11.6 Å². The monoisotopic (exact) mass is 255 g/mol. The minimum atomic E-state index is -0.328. The Hall–Kier alpha value is -2.00. The molecule has 1 aliphatic rings. The third kappa shape index (κ3) is 2.42. The summed E-state index contributed by atoms with van der Waals surface area (Å²) in [6.45, 7) is 1.79. The molecule has 0 amide bonds. The fourth-order valence-electron chi connectivity index (χ4n) is 2.39. The third-order valence-electron chi connectivity index (χ3n) is 3.46. The fraction of sp³-hybridized carbons (Fsp3) is 0.188. The van der Waals surface area contributed by atoms with Crippen LogP contribution < -0.4 is 5.32 Å². The molecule has 3 heteroatoms. The van der Waals surface area contributed by atoms with Crippen molar-refractivity contribution in [1.29, 1.82) is 0 Å². The Morgan fingerprint density at radius 2 is 1.74 bits per heavy atom. The van der Waals surface area contributed by atoms with Crippen molar-refractivity contribution < 1.29 is 9.18 Å². The van der Waals surface area contributed by atoms with Gasteiger partial charge in [-0.1, -0.05) is 12.1 Å². The number of carbonyl (C=O) groups excluding carboxylic acids is 1. The molecule has 2 nitrogen and oxygen atoms in total. The Morgan fingerprint density at radius 1 is 1.00 bits per heavy atom. The van der Waals surface area contributed by atoms with Gasteiger partial charge in [0.15, 0.2) is 5.78 Å². The van der Waals surface area contributed by atoms with Crippen molar-refractivity contribution >= 4 is 5.78 Å². The number of halogens is 1. The molecule has 0 saturated heterocycles. The van der Waals surface area contributed by atoms with Crippen LogP contribution in [0.5, 0.6) is 0 Å². The molecule has 0 aromatic heterocycles. The quantitative estimate of drug-likeness (QED) is 0.836. The maximum atomic E-state index is 12.9. The molecule has 0 atom stereocenters. The summed E-state index contributed by atoms with van der Waals surface area (Å²) in [5.74, 6) is -0.389. The summed E-state index contributed by atoms with van der Waals surface area (Å²) >= 11 is 0. The highest BCUT2D eigenvalue weighted by Gasteiger charge is 2.13. The number of carbonyl (C=O) groups is 1. The average Bonchev–Trinajstić information content (AvgIpc) is 2.47. The second-order valence-corrected chi connectivity index (χ2v) is 4.75. The summed E-state index contributed by atoms with van der Waals surface area (Å²) in [6, 6.07) is 11.5. The molecule has 0 spiro atoms. The summed E-state index contributed by atoms with van der Waals surface area (Å²) in [5.41, 5.74) is 3.66. The SMILES string of the molecule is O=C(c1ccc(F)cc1)c1ccc2c(c1)CNCC2. The number of rotatable bonds is 2. The van der Waals surface area contributed by atoms with Crippen LogP contribution in [-0.4, -0.2) is 12.3 Å². The molecule has 96 valence electrons. The van der Waals surface area contributed by atoms with E-state index in [1.165, 1.54) is 35.4 Å². The highest BCUT2D eigenvalue weighted by Crippen LogP contribution is 2.18. The number of benzene rings is 2. The summed E-state index contributed by atoms with van der Waals surface area (Å²) in [7, 11) is 0. The second kappa shape index (κ2) is 4.94. The smallest absolute Gasteiger partial charge is 0.193 e. The number of hydrogen-bond acceptors (Lipinski definition) is 2. The van der Waals surface area contributed by atoms with Gasteiger partial charge in [0.05, 0.1) is 0 Å². The molecule has 0 bridgehead atoms. The molecule has 2 aromatic rings. The number of ketones is 1. The zero-order chi connectivity index (χ0) is 13.2. The first-order valence-electron chi connectivity index (χ1n) is 6.37. The molecule has 1 N–H and O–H groups in total. The lowest BCUT2D eigenvalue weighted by molar-refractivity contribution is 0.103. The van der Waals surface area contributed by atoms with Gasteiger partial charge in [-0.2, -0.15) is 0 Å². The molecular formula is C16H14FNO. The first-order chi connectivity index (χ1) is 9.24. The molecule has 1 heterocycles. The van der Waals surface area contributed by atoms with Crippen molar-refractivity contribution in [3.8, 4) is 0 Å². The van der Waals surface area contributed by atoms with Gasteiger partial charge in [0.2, 0.25) is 0 Å². The normalized spacial score (nSPS) is 13.9. The van der Waals surface area contributed by atoms with Gasteiger partial charge in [-0.15, -0.1) is 0 Å². The van der Waals surface area contributed by atoms with Crippen LogP contribution >= 0.6 is 0 Å². The molecule has 0 unspecified atom stereocenters. The van der Waals surface area contributed by atoms with Gasteiger partial charge in [0.1, 0.15) is 5.82 Å². The molecule has 0 saturated carbocycles. The second-order valence-electron chi connectivity index (χ2n) is 4.75. The maximum Gasteiger partial charge on any atom is 0.193 e. The first kappa shape index (κ1) is 12.1. The maximum absolute atomic E-state index is 12.9. The van der Waals surface area contributed by atoms with Crippen LogP contribution in [0.25, 0.3) is 0 Å². The first-order valence-corrected chi connectivity index (χ1v) is 6.37. The van der Waals surface area contributed by atoms with Gasteiger partial charge in [-0.25, -0.2) is 4.39 Å². The van der Waals surface area contributed by atoms with Crippen LogP contribution in [0.2, 0.25) is 0 Å². The molecule has 2 aromatic carbocycles. The highest BCUT2D eigenvalue weighted by atomic mass is 19.1. The predicted octanol–water partition coefficient (Wildman–Crippen LogP) is 2.70. The van der Waals surface area contributed by atoms with Crippen molar-refractivity contribution in [2.24, 2.45) is 0 Å². The average molecular weight is 255 g/mol. The fourth-order valence-corrected chi connectivity index (χ4v) is 2.39. The van der Waals surface area contributed by atoms with Crippen LogP contribution in [-0.2, 0) is 13.0 Å². The molecule has 19 heavy (non-hydrogen) atoms. The lowest BCUT2D eigenvalue weighted by atomic mass is 9.95. The predicted molar refractivity (Wildman–Crippen MR) is 71.7 cm³/mol. The van der Waals surface area contributed by atoms with Crippen LogP contribution in [0.3, 0.4) is 0 Å². The standard InChI is InChI=1S/C16H14FNO/c17-15-5-3-12(4-6-15)16(19)13-2-1-11-7-8-18-10-14(11)9-13/h1-6,9,18H,7-8,10H2. The zero-order valence-electron chi connectivity index (χ0n) is 10.4. The van der Waals surface area contributed by atoms with E-state index in [4.69, 9.17) is 0 Å². The van der Waals surface area contributed by atoms with Crippen molar-refractivity contribution in [3.05, 3.63) is 70.5 Å². The van der Waals surface area contributed by atoms with Crippen LogP contribution in [0, 0.1) is 5.82 Å². The van der Waals surface area contributed by atoms with E-state index in [0.717, 1.165) is 19.5 Å². The largest absolute Gasteiger partial charge is 0.312 e. The van der Waals surface area contributed by atoms with Crippen molar-refractivity contribution in [2.75, 3.05) is 6.54 Å². The van der Waals surface area contributed by atoms with Crippen molar-refractivity contribution in [1.82, 2.24) is 5.32 Å². The van der Waals surface area contributed by atoms with Gasteiger partial charge in [0, 0.05) is 17.7 Å². The van der Waals surface area contributed by atoms with Gasteiger partial charge < -0.3 is 5.32 Å². The highest BCUT2D eigenvalue weighted by molar-refractivity contribution is 6.09. The Bertz CT molecular complexity index is 619. The van der Waals surface area contributed by atoms with Crippen LogP contribution in [0.4, 0.5) is 4.39 Å². The third-order valence-corrected chi connectivity index (χ3v) is 3.46. The zero-order valence-corrected chi connectivity index (χ0v) is 10.4. The van der Waals surface area contributed by atoms with Crippen LogP contribution in [0.15, 0.2) is 42.5 Å². The number of fused-ring (bicyclic) bond motifs is 1. The summed E-state index contributed by atoms with van der Waals surface area (Å²) in [6.07, 6.45) is 1.00. The number of nitrogens with one attached hydrogen (secondary N) is 1. The molecule has 0 radical (unpaired) electrons. The summed E-state index contributed by atoms with van der Waals surface area (Å²) in [5, 5.41) is 3.29. The van der Waals surface area contributed by atoms with E-state index < -0.39 is 0 Å². The van der Waals surface area contributed by atoms with Gasteiger partial charge in [-0.3, -0.25) is 4.79 Å². The van der Waals surface area contributed by atoms with Gasteiger partial charge in [-0.05, 0) is 54.4 Å². The molecule has 3 rings (SSSR count). The topological polar surface area (TPSA) is 29.1 Å². The van der Waals surface area contributed by atoms with Gasteiger partial charge >= 0.3 is 0 Å². The minimum absolute atomic E-state index is 0.0617. The Morgan fingerprint density at radius 3 is 2.53 bits per heavy atom. The lowest BCUT2D eigenvalue weighted by Crippen LogP contribution is -2.23. The number of hydrogen-bond donors (Lipinski definition) is 1. The van der Waals surface area contributed by atoms with Crippen molar-refractivity contribution in [2.45, 2.75) is 13.0 Å². The van der Waals surface area contributed by atoms with E-state index in [2.05, 4.69) is 5.32 Å². The Labute approximate surface area is 111 Å². The summed E-state index contributed by atoms with van der Waals surface area (Å²) in [4.78, 5) is 12.3. The molecular weight excluding hydrogens is 241 g/mol. The van der Waals surface area contributed by atoms with E-state index in [1.54, 1.807) is 0 Å². The lowest BCUT2D eigenvalue weighted by Gasteiger charge is -2.17. The minimum Gasteiger partial charge on any atom is -0.312 e. The van der Waals surface area contributed by atoms with Gasteiger partial charge in [0.25, 0.3) is 0 Å². The summed E-state index contributed by atoms with van der Waals surface area (Å²) < 4.78 is 12.9. The Kier molecular flexibility index (Phi) is 3.13. The molecule has 0 aliphatic carbocycles. The Balaban J connectivity index is 1.93. The van der Waals surface area contributed by atoms with E-state index in [0.29, 0.717) is 11.1 Å². The van der Waals surface area contributed by atoms with E-state index in [9.17, 15) is 9.18 Å². The molecule has 0 fully saturated rings. The van der Waals surface area contributed by atoms with E-state index >= 15 is 0 Å². The van der Waals surface area contributed by atoms with E-state index in [1.807, 2.05) is 18.2 Å².